The minimum Gasteiger partial charge on any atom is -0.492 e. The van der Waals surface area contributed by atoms with E-state index in [2.05, 4.69) is 6.07 Å². The van der Waals surface area contributed by atoms with Crippen molar-refractivity contribution in [1.82, 2.24) is 0 Å². The first kappa shape index (κ1) is 13.2. The van der Waals surface area contributed by atoms with Crippen LogP contribution in [0.4, 0.5) is 0 Å². The van der Waals surface area contributed by atoms with Crippen LogP contribution in [0, 0.1) is 23.7 Å². The molecule has 0 heterocycles. The molecule has 18 heavy (non-hydrogen) atoms. The molecule has 0 N–H and O–H groups in total. The van der Waals surface area contributed by atoms with Crippen molar-refractivity contribution >= 4 is 11.6 Å². The Balaban J connectivity index is 2.01. The van der Waals surface area contributed by atoms with Crippen molar-refractivity contribution in [3.8, 4) is 11.8 Å². The molecule has 0 saturated heterocycles. The molecule has 1 aliphatic rings. The summed E-state index contributed by atoms with van der Waals surface area (Å²) in [6, 6.07) is 8.09. The fraction of sp³-hybridized carbons (Fsp3) is 0.533. The Morgan fingerprint density at radius 1 is 1.33 bits per heavy atom. The van der Waals surface area contributed by atoms with E-state index >= 15 is 0 Å². The van der Waals surface area contributed by atoms with Gasteiger partial charge >= 0.3 is 0 Å². The zero-order valence-electron chi connectivity index (χ0n) is 10.7. The number of aryl methyl sites for hydroxylation is 1. The summed E-state index contributed by atoms with van der Waals surface area (Å²) < 4.78 is 5.79. The van der Waals surface area contributed by atoms with Crippen LogP contribution in [0.25, 0.3) is 0 Å². The maximum absolute atomic E-state index is 9.37. The van der Waals surface area contributed by atoms with Crippen LogP contribution in [-0.2, 0) is 0 Å². The first-order valence-electron chi connectivity index (χ1n) is 6.45. The number of benzene rings is 1. The summed E-state index contributed by atoms with van der Waals surface area (Å²) in [6.45, 7) is 2.44. The van der Waals surface area contributed by atoms with E-state index in [-0.39, 0.29) is 5.41 Å². The number of ether oxygens (including phenoxy) is 1. The Kier molecular flexibility index (Phi) is 4.14. The van der Waals surface area contributed by atoms with Crippen molar-refractivity contribution in [3.05, 3.63) is 28.8 Å². The topological polar surface area (TPSA) is 33.0 Å². The molecule has 2 nitrogen and oxygen atoms in total. The minimum absolute atomic E-state index is 0.286. The number of hydrogen-bond donors (Lipinski definition) is 0. The summed E-state index contributed by atoms with van der Waals surface area (Å²) in [5.41, 5.74) is 0.718. The van der Waals surface area contributed by atoms with Crippen LogP contribution in [0.3, 0.4) is 0 Å². The molecule has 0 aliphatic heterocycles. The fourth-order valence-electron chi connectivity index (χ4n) is 2.45. The van der Waals surface area contributed by atoms with Gasteiger partial charge in [-0.25, -0.2) is 0 Å². The van der Waals surface area contributed by atoms with Gasteiger partial charge in [0.2, 0.25) is 0 Å². The Labute approximate surface area is 114 Å². The van der Waals surface area contributed by atoms with Gasteiger partial charge in [0.1, 0.15) is 12.4 Å². The number of halogens is 1. The van der Waals surface area contributed by atoms with Crippen molar-refractivity contribution in [2.24, 2.45) is 5.41 Å². The van der Waals surface area contributed by atoms with E-state index < -0.39 is 0 Å². The minimum atomic E-state index is -0.286. The maximum atomic E-state index is 9.37. The van der Waals surface area contributed by atoms with Crippen molar-refractivity contribution in [1.29, 1.82) is 5.26 Å². The van der Waals surface area contributed by atoms with Gasteiger partial charge in [0, 0.05) is 5.02 Å². The van der Waals surface area contributed by atoms with E-state index in [9.17, 15) is 5.26 Å². The average molecular weight is 264 g/mol. The number of hydrogen-bond acceptors (Lipinski definition) is 2. The summed E-state index contributed by atoms with van der Waals surface area (Å²) in [5, 5.41) is 10.1. The molecule has 1 aromatic rings. The monoisotopic (exact) mass is 263 g/mol. The number of nitriles is 1. The quantitative estimate of drug-likeness (QED) is 0.804. The van der Waals surface area contributed by atoms with Gasteiger partial charge in [0.05, 0.1) is 11.5 Å². The molecule has 1 aliphatic carbocycles. The highest BCUT2D eigenvalue weighted by molar-refractivity contribution is 6.31. The average Bonchev–Trinajstić information content (AvgIpc) is 2.41. The van der Waals surface area contributed by atoms with E-state index in [1.807, 2.05) is 25.1 Å². The van der Waals surface area contributed by atoms with Gasteiger partial charge in [-0.15, -0.1) is 0 Å². The second-order valence-electron chi connectivity index (χ2n) is 5.15. The summed E-state index contributed by atoms with van der Waals surface area (Å²) in [7, 11) is 0. The smallest absolute Gasteiger partial charge is 0.119 e. The first-order chi connectivity index (χ1) is 8.65. The SMILES string of the molecule is Cc1cc(OCC2(C#N)CCCCC2)ccc1Cl. The summed E-state index contributed by atoms with van der Waals surface area (Å²) in [4.78, 5) is 0. The molecule has 0 spiro atoms. The van der Waals surface area contributed by atoms with Gasteiger partial charge in [0.25, 0.3) is 0 Å². The normalized spacial score (nSPS) is 18.1. The first-order valence-corrected chi connectivity index (χ1v) is 6.83. The van der Waals surface area contributed by atoms with Crippen LogP contribution >= 0.6 is 11.6 Å². The van der Waals surface area contributed by atoms with Gasteiger partial charge in [-0.1, -0.05) is 30.9 Å². The third-order valence-corrected chi connectivity index (χ3v) is 4.12. The molecule has 0 bridgehead atoms. The van der Waals surface area contributed by atoms with Gasteiger partial charge in [0.15, 0.2) is 0 Å². The molecule has 96 valence electrons. The Bertz CT molecular complexity index is 458. The molecule has 0 aromatic heterocycles. The summed E-state index contributed by atoms with van der Waals surface area (Å²) in [6.07, 6.45) is 5.42. The van der Waals surface area contributed by atoms with E-state index in [1.54, 1.807) is 0 Å². The second-order valence-corrected chi connectivity index (χ2v) is 5.56. The standard InChI is InChI=1S/C15H18ClNO/c1-12-9-13(5-6-14(12)16)18-11-15(10-17)7-3-2-4-8-15/h5-6,9H,2-4,7-8,11H2,1H3. The molecule has 0 unspecified atom stereocenters. The molecular weight excluding hydrogens is 246 g/mol. The predicted octanol–water partition coefficient (Wildman–Crippen LogP) is 4.50. The van der Waals surface area contributed by atoms with Gasteiger partial charge in [-0.3, -0.25) is 0 Å². The Hall–Kier alpha value is -1.20. The van der Waals surface area contributed by atoms with Crippen molar-refractivity contribution in [2.75, 3.05) is 6.61 Å². The lowest BCUT2D eigenvalue weighted by Crippen LogP contribution is -2.29. The molecule has 0 atom stereocenters. The lowest BCUT2D eigenvalue weighted by atomic mass is 9.76. The third kappa shape index (κ3) is 2.97. The number of rotatable bonds is 3. The predicted molar refractivity (Wildman–Crippen MR) is 72.8 cm³/mol. The maximum Gasteiger partial charge on any atom is 0.119 e. The highest BCUT2D eigenvalue weighted by atomic mass is 35.5. The van der Waals surface area contributed by atoms with Crippen LogP contribution in [0.15, 0.2) is 18.2 Å². The second kappa shape index (κ2) is 5.63. The van der Waals surface area contributed by atoms with Gasteiger partial charge in [-0.2, -0.15) is 5.26 Å². The molecule has 0 radical (unpaired) electrons. The van der Waals surface area contributed by atoms with Crippen LogP contribution in [0.2, 0.25) is 5.02 Å². The molecule has 2 rings (SSSR count). The lowest BCUT2D eigenvalue weighted by Gasteiger charge is -2.30. The zero-order chi connectivity index (χ0) is 13.0. The van der Waals surface area contributed by atoms with Crippen LogP contribution in [0.1, 0.15) is 37.7 Å². The highest BCUT2D eigenvalue weighted by Gasteiger charge is 2.32. The molecule has 1 aromatic carbocycles. The largest absolute Gasteiger partial charge is 0.492 e. The Morgan fingerprint density at radius 3 is 2.67 bits per heavy atom. The van der Waals surface area contributed by atoms with Crippen molar-refractivity contribution < 1.29 is 4.74 Å². The molecule has 1 saturated carbocycles. The fourth-order valence-corrected chi connectivity index (χ4v) is 2.56. The van der Waals surface area contributed by atoms with Gasteiger partial charge < -0.3 is 4.74 Å². The van der Waals surface area contributed by atoms with E-state index in [1.165, 1.54) is 6.42 Å². The number of nitrogens with zero attached hydrogens (tertiary/aromatic N) is 1. The van der Waals surface area contributed by atoms with Crippen molar-refractivity contribution in [2.45, 2.75) is 39.0 Å². The van der Waals surface area contributed by atoms with Crippen LogP contribution in [0.5, 0.6) is 5.75 Å². The summed E-state index contributed by atoms with van der Waals surface area (Å²) >= 11 is 5.98. The van der Waals surface area contributed by atoms with Crippen LogP contribution in [-0.4, -0.2) is 6.61 Å². The molecule has 3 heteroatoms. The van der Waals surface area contributed by atoms with E-state index in [0.717, 1.165) is 42.0 Å². The van der Waals surface area contributed by atoms with E-state index in [4.69, 9.17) is 16.3 Å². The third-order valence-electron chi connectivity index (χ3n) is 3.69. The van der Waals surface area contributed by atoms with Crippen LogP contribution < -0.4 is 4.74 Å². The van der Waals surface area contributed by atoms with E-state index in [0.29, 0.717) is 6.61 Å². The van der Waals surface area contributed by atoms with Gasteiger partial charge in [-0.05, 0) is 43.5 Å². The molecular formula is C15H18ClNO. The summed E-state index contributed by atoms with van der Waals surface area (Å²) in [5.74, 6) is 0.803. The Morgan fingerprint density at radius 2 is 2.06 bits per heavy atom. The molecule has 1 fully saturated rings. The molecule has 0 amide bonds. The lowest BCUT2D eigenvalue weighted by molar-refractivity contribution is 0.150. The highest BCUT2D eigenvalue weighted by Crippen LogP contribution is 2.36. The van der Waals surface area contributed by atoms with Crippen molar-refractivity contribution in [3.63, 3.8) is 0 Å². The zero-order valence-corrected chi connectivity index (χ0v) is 11.5.